The molecule has 1 fully saturated rings. The Morgan fingerprint density at radius 1 is 1.36 bits per heavy atom. The van der Waals surface area contributed by atoms with Crippen molar-refractivity contribution in [3.05, 3.63) is 35.4 Å². The summed E-state index contributed by atoms with van der Waals surface area (Å²) < 4.78 is 0. The standard InChI is InChI=1S/C12H16N2/c13-12-7-9-3-1-2-4-11(9)10(8-12)5-6-14-12/h1-4,10,14H,5-8,13H2. The van der Waals surface area contributed by atoms with Crippen molar-refractivity contribution in [2.45, 2.75) is 30.8 Å². The van der Waals surface area contributed by atoms with Crippen LogP contribution in [0.5, 0.6) is 0 Å². The van der Waals surface area contributed by atoms with Gasteiger partial charge in [0.05, 0.1) is 5.66 Å². The lowest BCUT2D eigenvalue weighted by atomic mass is 9.73. The molecule has 0 radical (unpaired) electrons. The third-order valence-electron chi connectivity index (χ3n) is 3.58. The first kappa shape index (κ1) is 8.45. The zero-order valence-corrected chi connectivity index (χ0v) is 8.29. The number of nitrogens with one attached hydrogen (secondary N) is 1. The van der Waals surface area contributed by atoms with E-state index in [-0.39, 0.29) is 5.66 Å². The van der Waals surface area contributed by atoms with Gasteiger partial charge in [0.2, 0.25) is 0 Å². The summed E-state index contributed by atoms with van der Waals surface area (Å²) in [6.45, 7) is 1.06. The van der Waals surface area contributed by atoms with E-state index in [1.54, 1.807) is 0 Å². The van der Waals surface area contributed by atoms with Crippen LogP contribution in [-0.2, 0) is 6.42 Å². The lowest BCUT2D eigenvalue weighted by Gasteiger charge is -2.44. The van der Waals surface area contributed by atoms with Crippen LogP contribution in [0.3, 0.4) is 0 Å². The molecule has 2 bridgehead atoms. The largest absolute Gasteiger partial charge is 0.313 e. The molecule has 0 amide bonds. The molecule has 1 heterocycles. The molecular formula is C12H16N2. The van der Waals surface area contributed by atoms with Crippen LogP contribution in [0, 0.1) is 0 Å². The molecule has 3 N–H and O–H groups in total. The van der Waals surface area contributed by atoms with Gasteiger partial charge in [-0.3, -0.25) is 5.32 Å². The molecule has 74 valence electrons. The molecule has 2 heteroatoms. The molecule has 3 rings (SSSR count). The van der Waals surface area contributed by atoms with Crippen molar-refractivity contribution < 1.29 is 0 Å². The van der Waals surface area contributed by atoms with Gasteiger partial charge in [-0.1, -0.05) is 24.3 Å². The molecule has 2 unspecified atom stereocenters. The van der Waals surface area contributed by atoms with E-state index in [9.17, 15) is 0 Å². The van der Waals surface area contributed by atoms with Crippen LogP contribution in [-0.4, -0.2) is 12.2 Å². The fraction of sp³-hybridized carbons (Fsp3) is 0.500. The van der Waals surface area contributed by atoms with Gasteiger partial charge in [0.25, 0.3) is 0 Å². The zero-order chi connectivity index (χ0) is 9.60. The monoisotopic (exact) mass is 188 g/mol. The van der Waals surface area contributed by atoms with Crippen LogP contribution in [0.4, 0.5) is 0 Å². The van der Waals surface area contributed by atoms with E-state index in [1.807, 2.05) is 0 Å². The van der Waals surface area contributed by atoms with Crippen molar-refractivity contribution in [1.82, 2.24) is 5.32 Å². The summed E-state index contributed by atoms with van der Waals surface area (Å²) in [6.07, 6.45) is 3.32. The van der Waals surface area contributed by atoms with E-state index in [0.717, 1.165) is 19.4 Å². The first-order chi connectivity index (χ1) is 6.77. The maximum Gasteiger partial charge on any atom is 0.0709 e. The molecule has 0 saturated carbocycles. The van der Waals surface area contributed by atoms with Crippen molar-refractivity contribution in [3.63, 3.8) is 0 Å². The number of nitrogens with two attached hydrogens (primary N) is 1. The quantitative estimate of drug-likeness (QED) is 0.645. The van der Waals surface area contributed by atoms with Crippen LogP contribution in [0.15, 0.2) is 24.3 Å². The highest BCUT2D eigenvalue weighted by atomic mass is 15.1. The Bertz CT molecular complexity index is 361. The van der Waals surface area contributed by atoms with Crippen molar-refractivity contribution >= 4 is 0 Å². The minimum absolute atomic E-state index is 0.128. The van der Waals surface area contributed by atoms with Crippen LogP contribution in [0.25, 0.3) is 0 Å². The number of rotatable bonds is 0. The second-order valence-corrected chi connectivity index (χ2v) is 4.65. The highest BCUT2D eigenvalue weighted by Crippen LogP contribution is 2.39. The second-order valence-electron chi connectivity index (χ2n) is 4.65. The zero-order valence-electron chi connectivity index (χ0n) is 8.29. The summed E-state index contributed by atoms with van der Waals surface area (Å²) in [5, 5.41) is 3.45. The molecule has 2 atom stereocenters. The third-order valence-corrected chi connectivity index (χ3v) is 3.58. The molecule has 1 aromatic carbocycles. The van der Waals surface area contributed by atoms with Gasteiger partial charge in [0.15, 0.2) is 0 Å². The molecule has 1 aromatic rings. The first-order valence-corrected chi connectivity index (χ1v) is 5.39. The van der Waals surface area contributed by atoms with Crippen molar-refractivity contribution in [2.24, 2.45) is 5.73 Å². The van der Waals surface area contributed by atoms with E-state index in [4.69, 9.17) is 5.73 Å². The molecule has 1 aliphatic carbocycles. The van der Waals surface area contributed by atoms with Crippen LogP contribution >= 0.6 is 0 Å². The topological polar surface area (TPSA) is 38.0 Å². The Morgan fingerprint density at radius 3 is 3.14 bits per heavy atom. The molecule has 2 nitrogen and oxygen atoms in total. The maximum absolute atomic E-state index is 6.30. The van der Waals surface area contributed by atoms with Gasteiger partial charge < -0.3 is 5.73 Å². The number of benzene rings is 1. The molecular weight excluding hydrogens is 172 g/mol. The molecule has 1 aliphatic heterocycles. The SMILES string of the molecule is NC12Cc3ccccc3C(CCN1)C2. The maximum atomic E-state index is 6.30. The summed E-state index contributed by atoms with van der Waals surface area (Å²) in [6, 6.07) is 8.74. The van der Waals surface area contributed by atoms with Crippen molar-refractivity contribution in [1.29, 1.82) is 0 Å². The molecule has 0 spiro atoms. The van der Waals surface area contributed by atoms with Gasteiger partial charge >= 0.3 is 0 Å². The predicted octanol–water partition coefficient (Wildman–Crippen LogP) is 1.36. The molecule has 2 aliphatic rings. The molecule has 14 heavy (non-hydrogen) atoms. The second kappa shape index (κ2) is 2.81. The van der Waals surface area contributed by atoms with Gasteiger partial charge in [0, 0.05) is 6.42 Å². The van der Waals surface area contributed by atoms with Gasteiger partial charge in [-0.15, -0.1) is 0 Å². The highest BCUT2D eigenvalue weighted by molar-refractivity contribution is 5.36. The van der Waals surface area contributed by atoms with Gasteiger partial charge in [0.1, 0.15) is 0 Å². The summed E-state index contributed by atoms with van der Waals surface area (Å²) in [4.78, 5) is 0. The van der Waals surface area contributed by atoms with Crippen LogP contribution < -0.4 is 11.1 Å². The summed E-state index contributed by atoms with van der Waals surface area (Å²) >= 11 is 0. The fourth-order valence-electron chi connectivity index (χ4n) is 2.94. The predicted molar refractivity (Wildman–Crippen MR) is 57.0 cm³/mol. The summed E-state index contributed by atoms with van der Waals surface area (Å²) in [5.41, 5.74) is 9.16. The number of hydrogen-bond donors (Lipinski definition) is 2. The Kier molecular flexibility index (Phi) is 1.70. The van der Waals surface area contributed by atoms with Crippen molar-refractivity contribution in [2.75, 3.05) is 6.54 Å². The van der Waals surface area contributed by atoms with E-state index in [1.165, 1.54) is 17.5 Å². The van der Waals surface area contributed by atoms with Crippen LogP contribution in [0.2, 0.25) is 0 Å². The van der Waals surface area contributed by atoms with Crippen molar-refractivity contribution in [3.8, 4) is 0 Å². The number of fused-ring (bicyclic) bond motifs is 4. The summed E-state index contributed by atoms with van der Waals surface area (Å²) in [5.74, 6) is 0.686. The Hall–Kier alpha value is -0.860. The van der Waals surface area contributed by atoms with E-state index in [0.29, 0.717) is 5.92 Å². The van der Waals surface area contributed by atoms with Crippen LogP contribution in [0.1, 0.15) is 29.9 Å². The first-order valence-electron chi connectivity index (χ1n) is 5.39. The van der Waals surface area contributed by atoms with E-state index < -0.39 is 0 Å². The van der Waals surface area contributed by atoms with Gasteiger partial charge in [-0.05, 0) is 36.4 Å². The highest BCUT2D eigenvalue weighted by Gasteiger charge is 2.38. The fourth-order valence-corrected chi connectivity index (χ4v) is 2.94. The van der Waals surface area contributed by atoms with Gasteiger partial charge in [-0.25, -0.2) is 0 Å². The van der Waals surface area contributed by atoms with E-state index >= 15 is 0 Å². The van der Waals surface area contributed by atoms with Gasteiger partial charge in [-0.2, -0.15) is 0 Å². The Morgan fingerprint density at radius 2 is 2.21 bits per heavy atom. The lowest BCUT2D eigenvalue weighted by Crippen LogP contribution is -2.60. The average molecular weight is 188 g/mol. The lowest BCUT2D eigenvalue weighted by molar-refractivity contribution is 0.219. The normalized spacial score (nSPS) is 35.1. The number of piperidine rings is 1. The third kappa shape index (κ3) is 1.18. The molecule has 0 aromatic heterocycles. The Labute approximate surface area is 84.5 Å². The Balaban J connectivity index is 2.08. The molecule has 1 saturated heterocycles. The van der Waals surface area contributed by atoms with E-state index in [2.05, 4.69) is 29.6 Å². The smallest absolute Gasteiger partial charge is 0.0709 e. The minimum Gasteiger partial charge on any atom is -0.313 e. The summed E-state index contributed by atoms with van der Waals surface area (Å²) in [7, 11) is 0. The number of hydrogen-bond acceptors (Lipinski definition) is 2. The minimum atomic E-state index is -0.128. The average Bonchev–Trinajstić information content (AvgIpc) is 2.17.